The van der Waals surface area contributed by atoms with Crippen molar-refractivity contribution >= 4 is 11.9 Å². The van der Waals surface area contributed by atoms with Crippen molar-refractivity contribution in [3.8, 4) is 17.6 Å². The van der Waals surface area contributed by atoms with Crippen LogP contribution in [-0.2, 0) is 15.7 Å². The van der Waals surface area contributed by atoms with Crippen LogP contribution in [0, 0.1) is 23.2 Å². The van der Waals surface area contributed by atoms with E-state index in [0.717, 1.165) is 12.1 Å². The van der Waals surface area contributed by atoms with Crippen LogP contribution in [0.3, 0.4) is 0 Å². The van der Waals surface area contributed by atoms with Crippen molar-refractivity contribution in [2.24, 2.45) is 11.8 Å². The minimum atomic E-state index is -4.69. The molecular formula is C26H28F3N3O6. The number of hydrogen-bond donors (Lipinski definition) is 2. The maximum absolute atomic E-state index is 13.3. The summed E-state index contributed by atoms with van der Waals surface area (Å²) >= 11 is 0. The van der Waals surface area contributed by atoms with Gasteiger partial charge in [0, 0.05) is 19.2 Å². The number of halogens is 3. The molecular weight excluding hydrogens is 507 g/mol. The van der Waals surface area contributed by atoms with Gasteiger partial charge in [-0.25, -0.2) is 4.98 Å². The van der Waals surface area contributed by atoms with Crippen molar-refractivity contribution in [1.82, 2.24) is 10.3 Å². The number of benzene rings is 1. The van der Waals surface area contributed by atoms with Crippen molar-refractivity contribution in [1.29, 1.82) is 5.26 Å². The number of ether oxygens (including phenoxy) is 3. The van der Waals surface area contributed by atoms with Gasteiger partial charge in [-0.15, -0.1) is 0 Å². The number of carboxylic acids is 1. The number of carbonyl (C=O) groups excluding carboxylic acids is 1. The van der Waals surface area contributed by atoms with Crippen molar-refractivity contribution in [3.05, 3.63) is 52.8 Å². The van der Waals surface area contributed by atoms with Gasteiger partial charge in [-0.05, 0) is 61.9 Å². The molecule has 1 aromatic carbocycles. The number of aliphatic carboxylic acids is 1. The van der Waals surface area contributed by atoms with E-state index in [0.29, 0.717) is 32.2 Å². The molecule has 1 aromatic heterocycles. The number of carbonyl (C=O) groups is 2. The third kappa shape index (κ3) is 7.13. The maximum atomic E-state index is 13.3. The number of hydrogen-bond acceptors (Lipinski definition) is 7. The molecule has 0 spiro atoms. The van der Waals surface area contributed by atoms with E-state index in [1.807, 2.05) is 6.07 Å². The molecule has 0 aliphatic heterocycles. The molecule has 1 atom stereocenters. The minimum Gasteiger partial charge on any atom is -0.495 e. The standard InChI is InChI=1S/C26H28F3N3O6/c1-36-14-21(23-20(37-2)9-10-22(32-23)26(27,28)29)38-19-8-7-17(11-18(19)12-30)24(33)31-13-15-3-5-16(6-4-15)25(34)35/h7-11,15-16,21H,3-6,13-14H2,1-2H3,(H,31,33)(H,34,35). The Labute approximate surface area is 217 Å². The lowest BCUT2D eigenvalue weighted by Gasteiger charge is -2.26. The zero-order valence-electron chi connectivity index (χ0n) is 20.9. The van der Waals surface area contributed by atoms with Gasteiger partial charge in [0.1, 0.15) is 29.0 Å². The predicted octanol–water partition coefficient (Wildman–Crippen LogP) is 4.37. The lowest BCUT2D eigenvalue weighted by atomic mass is 9.82. The molecule has 1 unspecified atom stereocenters. The summed E-state index contributed by atoms with van der Waals surface area (Å²) < 4.78 is 55.9. The fraction of sp³-hybridized carbons (Fsp3) is 0.462. The Bertz CT molecular complexity index is 1190. The van der Waals surface area contributed by atoms with Crippen LogP contribution >= 0.6 is 0 Å². The quantitative estimate of drug-likeness (QED) is 0.459. The molecule has 1 aliphatic carbocycles. The van der Waals surface area contributed by atoms with E-state index in [-0.39, 0.29) is 46.8 Å². The number of aromatic nitrogens is 1. The second kappa shape index (κ2) is 12.6. The molecule has 0 bridgehead atoms. The van der Waals surface area contributed by atoms with Gasteiger partial charge in [0.05, 0.1) is 25.2 Å². The summed E-state index contributed by atoms with van der Waals surface area (Å²) in [6.45, 7) is 0.185. The van der Waals surface area contributed by atoms with E-state index in [9.17, 15) is 28.0 Å². The highest BCUT2D eigenvalue weighted by Crippen LogP contribution is 2.35. The fourth-order valence-electron chi connectivity index (χ4n) is 4.31. The third-order valence-corrected chi connectivity index (χ3v) is 6.40. The number of rotatable bonds is 10. The third-order valence-electron chi connectivity index (χ3n) is 6.40. The molecule has 2 N–H and O–H groups in total. The summed E-state index contributed by atoms with van der Waals surface area (Å²) in [4.78, 5) is 27.5. The first kappa shape index (κ1) is 28.7. The van der Waals surface area contributed by atoms with Gasteiger partial charge in [-0.3, -0.25) is 9.59 Å². The van der Waals surface area contributed by atoms with Crippen LogP contribution in [0.1, 0.15) is 59.1 Å². The fourth-order valence-corrected chi connectivity index (χ4v) is 4.31. The molecule has 1 aliphatic rings. The number of amides is 1. The number of alkyl halides is 3. The minimum absolute atomic E-state index is 0.00772. The maximum Gasteiger partial charge on any atom is 0.433 e. The van der Waals surface area contributed by atoms with Crippen LogP contribution in [0.15, 0.2) is 30.3 Å². The van der Waals surface area contributed by atoms with Gasteiger partial charge in [-0.2, -0.15) is 18.4 Å². The smallest absolute Gasteiger partial charge is 0.433 e. The van der Waals surface area contributed by atoms with Crippen molar-refractivity contribution in [2.75, 3.05) is 27.4 Å². The highest BCUT2D eigenvalue weighted by Gasteiger charge is 2.35. The lowest BCUT2D eigenvalue weighted by Crippen LogP contribution is -2.32. The highest BCUT2D eigenvalue weighted by molar-refractivity contribution is 5.94. The Morgan fingerprint density at radius 2 is 1.84 bits per heavy atom. The number of methoxy groups -OCH3 is 2. The molecule has 204 valence electrons. The second-order valence-corrected chi connectivity index (χ2v) is 8.93. The van der Waals surface area contributed by atoms with Crippen LogP contribution in [-0.4, -0.2) is 49.3 Å². The van der Waals surface area contributed by atoms with E-state index < -0.39 is 29.9 Å². The Morgan fingerprint density at radius 3 is 2.42 bits per heavy atom. The van der Waals surface area contributed by atoms with Crippen LogP contribution in [0.25, 0.3) is 0 Å². The van der Waals surface area contributed by atoms with Crippen molar-refractivity contribution in [3.63, 3.8) is 0 Å². The van der Waals surface area contributed by atoms with Crippen LogP contribution in [0.2, 0.25) is 0 Å². The molecule has 1 saturated carbocycles. The van der Waals surface area contributed by atoms with Crippen LogP contribution in [0.5, 0.6) is 11.5 Å². The van der Waals surface area contributed by atoms with E-state index in [1.165, 1.54) is 32.4 Å². The normalized spacial score (nSPS) is 18.2. The van der Waals surface area contributed by atoms with Crippen LogP contribution in [0.4, 0.5) is 13.2 Å². The zero-order chi connectivity index (χ0) is 27.9. The topological polar surface area (TPSA) is 131 Å². The van der Waals surface area contributed by atoms with Gasteiger partial charge < -0.3 is 24.6 Å². The molecule has 1 heterocycles. The van der Waals surface area contributed by atoms with E-state index in [1.54, 1.807) is 0 Å². The molecule has 1 fully saturated rings. The van der Waals surface area contributed by atoms with Gasteiger partial charge in [0.2, 0.25) is 0 Å². The number of nitriles is 1. The van der Waals surface area contributed by atoms with E-state index in [4.69, 9.17) is 19.3 Å². The van der Waals surface area contributed by atoms with Crippen molar-refractivity contribution in [2.45, 2.75) is 38.0 Å². The molecule has 3 rings (SSSR count). The van der Waals surface area contributed by atoms with Gasteiger partial charge in [-0.1, -0.05) is 0 Å². The first-order chi connectivity index (χ1) is 18.1. The van der Waals surface area contributed by atoms with E-state index in [2.05, 4.69) is 10.3 Å². The van der Waals surface area contributed by atoms with Crippen LogP contribution < -0.4 is 14.8 Å². The number of nitrogens with one attached hydrogen (secondary N) is 1. The summed E-state index contributed by atoms with van der Waals surface area (Å²) in [6.07, 6.45) is -3.32. The SMILES string of the molecule is COCC(Oc1ccc(C(=O)NCC2CCC(C(=O)O)CC2)cc1C#N)c1nc(C(F)(F)F)ccc1OC. The van der Waals surface area contributed by atoms with Gasteiger partial charge >= 0.3 is 12.1 Å². The molecule has 0 radical (unpaired) electrons. The molecule has 0 saturated heterocycles. The summed E-state index contributed by atoms with van der Waals surface area (Å²) in [6, 6.07) is 8.01. The predicted molar refractivity (Wildman–Crippen MR) is 128 cm³/mol. The lowest BCUT2D eigenvalue weighted by molar-refractivity contribution is -0.143. The molecule has 38 heavy (non-hydrogen) atoms. The summed E-state index contributed by atoms with van der Waals surface area (Å²) in [5.74, 6) is -1.32. The average Bonchev–Trinajstić information content (AvgIpc) is 2.90. The monoisotopic (exact) mass is 535 g/mol. The van der Waals surface area contributed by atoms with E-state index >= 15 is 0 Å². The largest absolute Gasteiger partial charge is 0.495 e. The van der Waals surface area contributed by atoms with Crippen molar-refractivity contribution < 1.29 is 42.1 Å². The van der Waals surface area contributed by atoms with Gasteiger partial charge in [0.25, 0.3) is 5.91 Å². The Balaban J connectivity index is 1.75. The first-order valence-corrected chi connectivity index (χ1v) is 11.9. The zero-order valence-corrected chi connectivity index (χ0v) is 20.9. The Hall–Kier alpha value is -3.85. The molecule has 12 heteroatoms. The Morgan fingerprint density at radius 1 is 1.16 bits per heavy atom. The number of carboxylic acid groups (broad SMARTS) is 1. The molecule has 2 aromatic rings. The number of nitrogens with zero attached hydrogens (tertiary/aromatic N) is 2. The average molecular weight is 536 g/mol. The summed E-state index contributed by atoms with van der Waals surface area (Å²) in [5.41, 5.74) is -1.10. The molecule has 9 nitrogen and oxygen atoms in total. The number of pyridine rings is 1. The summed E-state index contributed by atoms with van der Waals surface area (Å²) in [5, 5.41) is 21.6. The second-order valence-electron chi connectivity index (χ2n) is 8.93. The first-order valence-electron chi connectivity index (χ1n) is 11.9. The summed E-state index contributed by atoms with van der Waals surface area (Å²) in [7, 11) is 2.62. The Kier molecular flexibility index (Phi) is 9.52. The van der Waals surface area contributed by atoms with Gasteiger partial charge in [0.15, 0.2) is 6.10 Å². The highest BCUT2D eigenvalue weighted by atomic mass is 19.4. The molecule has 1 amide bonds.